The van der Waals surface area contributed by atoms with Crippen LogP contribution in [0, 0.1) is 17.8 Å². The molecule has 300 valence electrons. The Balaban J connectivity index is 0.00000290. The lowest BCUT2D eigenvalue weighted by Crippen LogP contribution is -2.59. The fourth-order valence-corrected chi connectivity index (χ4v) is 8.93. The molecule has 3 N–H and O–H groups in total. The number of pyridine rings is 1. The second kappa shape index (κ2) is 15.4. The molecule has 1 unspecified atom stereocenters. The third kappa shape index (κ3) is 8.93. The van der Waals surface area contributed by atoms with Crippen molar-refractivity contribution in [1.82, 2.24) is 25.2 Å². The number of sulfonamides is 1. The van der Waals surface area contributed by atoms with Crippen molar-refractivity contribution in [2.45, 2.75) is 121 Å². The van der Waals surface area contributed by atoms with Crippen molar-refractivity contribution in [3.8, 4) is 11.6 Å². The molecule has 2 aliphatic carbocycles. The number of nitrogens with zero attached hydrogens (tertiary/aromatic N) is 2. The van der Waals surface area contributed by atoms with Gasteiger partial charge in [0.25, 0.3) is 5.91 Å². The van der Waals surface area contributed by atoms with Gasteiger partial charge in [0.05, 0.1) is 18.4 Å². The normalized spacial score (nSPS) is 29.8. The highest BCUT2D eigenvalue weighted by Crippen LogP contribution is 2.46. The molecule has 7 atom stereocenters. The van der Waals surface area contributed by atoms with E-state index >= 15 is 0 Å². The largest absolute Gasteiger partial charge is 0.494 e. The van der Waals surface area contributed by atoms with Crippen LogP contribution in [0.5, 0.6) is 11.6 Å². The zero-order valence-corrected chi connectivity index (χ0v) is 32.7. The molecule has 2 saturated carbocycles. The van der Waals surface area contributed by atoms with Crippen molar-refractivity contribution >= 4 is 44.6 Å². The van der Waals surface area contributed by atoms with Crippen LogP contribution in [0.3, 0.4) is 0 Å². The van der Waals surface area contributed by atoms with Crippen molar-refractivity contribution in [2.75, 3.05) is 13.2 Å². The van der Waals surface area contributed by atoms with E-state index in [1.807, 2.05) is 50.3 Å². The van der Waals surface area contributed by atoms with E-state index in [2.05, 4.69) is 27.3 Å². The van der Waals surface area contributed by atoms with Crippen LogP contribution >= 0.6 is 0 Å². The molecule has 1 aromatic carbocycles. The summed E-state index contributed by atoms with van der Waals surface area (Å²) in [6.45, 7) is 11.6. The summed E-state index contributed by atoms with van der Waals surface area (Å²) in [5, 5.41) is 6.62. The van der Waals surface area contributed by atoms with Crippen LogP contribution in [-0.4, -0.2) is 89.8 Å². The lowest BCUT2D eigenvalue weighted by molar-refractivity contribution is -0.142. The summed E-state index contributed by atoms with van der Waals surface area (Å²) in [6.07, 6.45) is 7.25. The number of aromatic nitrogens is 1. The summed E-state index contributed by atoms with van der Waals surface area (Å²) < 4.78 is 45.6. The molecule has 3 heterocycles. The van der Waals surface area contributed by atoms with Gasteiger partial charge in [-0.15, -0.1) is 0 Å². The summed E-state index contributed by atoms with van der Waals surface area (Å²) in [7, 11) is -3.90. The highest BCUT2D eigenvalue weighted by atomic mass is 32.2. The molecule has 1 saturated heterocycles. The number of carbonyl (C=O) groups is 4. The van der Waals surface area contributed by atoms with E-state index < -0.39 is 74.3 Å². The van der Waals surface area contributed by atoms with E-state index in [9.17, 15) is 27.6 Å². The van der Waals surface area contributed by atoms with Gasteiger partial charge in [-0.3, -0.25) is 19.1 Å². The maximum Gasteiger partial charge on any atom is 0.408 e. The molecule has 1 aromatic heterocycles. The Kier molecular flexibility index (Phi) is 11.2. The molecular formula is C39H59N5O9S. The van der Waals surface area contributed by atoms with Crippen LogP contribution in [0.4, 0.5) is 4.79 Å². The summed E-state index contributed by atoms with van der Waals surface area (Å²) in [4.78, 5) is 62.0. The van der Waals surface area contributed by atoms with Gasteiger partial charge in [-0.2, -0.15) is 0 Å². The predicted octanol–water partition coefficient (Wildman–Crippen LogP) is 5.11. The van der Waals surface area contributed by atoms with Gasteiger partial charge in [-0.25, -0.2) is 18.2 Å². The first-order valence-electron chi connectivity index (χ1n) is 19.0. The molecule has 14 nitrogen and oxygen atoms in total. The second-order valence-corrected chi connectivity index (χ2v) is 18.3. The van der Waals surface area contributed by atoms with Crippen molar-refractivity contribution < 1.29 is 46.1 Å². The number of amides is 4. The van der Waals surface area contributed by atoms with Crippen LogP contribution in [0.2, 0.25) is 0 Å². The maximum absolute atomic E-state index is 14.7. The van der Waals surface area contributed by atoms with Crippen LogP contribution in [0.15, 0.2) is 42.6 Å². The minimum Gasteiger partial charge on any atom is -0.494 e. The number of allylic oxidation sites excluding steroid dienone is 1. The zero-order valence-electron chi connectivity index (χ0n) is 31.9. The van der Waals surface area contributed by atoms with E-state index in [0.717, 1.165) is 11.8 Å². The topological polar surface area (TPSA) is 182 Å². The summed E-state index contributed by atoms with van der Waals surface area (Å²) in [5.41, 5.74) is -2.33. The first-order chi connectivity index (χ1) is 25.5. The smallest absolute Gasteiger partial charge is 0.408 e. The van der Waals surface area contributed by atoms with Crippen molar-refractivity contribution in [3.63, 3.8) is 0 Å². The molecule has 3 fully saturated rings. The molecule has 0 bridgehead atoms. The number of nitrogens with one attached hydrogen (secondary N) is 3. The standard InChI is InChI=1S/C39H53N5O9S.3H2/c1-7-51-27-12-15-30-25(19-27)16-17-40-34(30)52-28-20-31-33(45)42-39(36(47)43-54(49,50)29-13-14-29)21-26(39)11-9-8-10-23(2)18-24(3)32(35(46)44(31)22-28)41-37(48)53-38(4,5)6;;;/h9,11-12,15-17,19,23-24,26,28-29,31-32H,7-8,10,13-14,18,20-22H2,1-6H3,(H,41,48)(H,42,45)(H,43,47);3*1H/b11-9-;;;/t23-,24+,26+,28+,31-,32?,39+;;;/m0.../s1. The third-order valence-corrected chi connectivity index (χ3v) is 12.4. The molecule has 6 rings (SSSR count). The van der Waals surface area contributed by atoms with Crippen molar-refractivity contribution in [2.24, 2.45) is 17.8 Å². The Labute approximate surface area is 321 Å². The Bertz CT molecular complexity index is 1930. The van der Waals surface area contributed by atoms with E-state index in [1.165, 1.54) is 4.90 Å². The Morgan fingerprint density at radius 1 is 1.11 bits per heavy atom. The van der Waals surface area contributed by atoms with Crippen LogP contribution < -0.4 is 24.8 Å². The van der Waals surface area contributed by atoms with Gasteiger partial charge in [0.1, 0.15) is 35.1 Å². The minimum atomic E-state index is -3.90. The molecule has 2 aliphatic heterocycles. The minimum absolute atomic E-state index is 0. The van der Waals surface area contributed by atoms with Gasteiger partial charge in [-0.05, 0) is 108 Å². The number of rotatable bonds is 8. The summed E-state index contributed by atoms with van der Waals surface area (Å²) in [6, 6.07) is 5.22. The highest BCUT2D eigenvalue weighted by Gasteiger charge is 2.62. The molecule has 2 aromatic rings. The molecule has 54 heavy (non-hydrogen) atoms. The third-order valence-electron chi connectivity index (χ3n) is 10.6. The number of ether oxygens (including phenoxy) is 3. The monoisotopic (exact) mass is 773 g/mol. The zero-order chi connectivity index (χ0) is 39.0. The Morgan fingerprint density at radius 3 is 2.57 bits per heavy atom. The van der Waals surface area contributed by atoms with E-state index in [1.54, 1.807) is 27.0 Å². The highest BCUT2D eigenvalue weighted by molar-refractivity contribution is 7.91. The molecule has 4 amide bonds. The van der Waals surface area contributed by atoms with E-state index in [0.29, 0.717) is 49.3 Å². The fourth-order valence-electron chi connectivity index (χ4n) is 7.57. The summed E-state index contributed by atoms with van der Waals surface area (Å²) >= 11 is 0. The number of fused-ring (bicyclic) bond motifs is 3. The van der Waals surface area contributed by atoms with Crippen molar-refractivity contribution in [1.29, 1.82) is 0 Å². The average molecular weight is 774 g/mol. The van der Waals surface area contributed by atoms with E-state index in [-0.39, 0.29) is 35.5 Å². The number of hydrogen-bond donors (Lipinski definition) is 3. The van der Waals surface area contributed by atoms with Gasteiger partial charge in [0.2, 0.25) is 27.7 Å². The van der Waals surface area contributed by atoms with Gasteiger partial charge in [0.15, 0.2) is 0 Å². The van der Waals surface area contributed by atoms with Gasteiger partial charge in [-0.1, -0.05) is 26.0 Å². The number of carbonyl (C=O) groups excluding carboxylic acids is 4. The van der Waals surface area contributed by atoms with Crippen LogP contribution in [0.1, 0.15) is 90.8 Å². The Morgan fingerprint density at radius 2 is 1.87 bits per heavy atom. The quantitative estimate of drug-likeness (QED) is 0.305. The van der Waals surface area contributed by atoms with Crippen LogP contribution in [0.25, 0.3) is 10.8 Å². The SMILES string of the molecule is CCOc1ccc2c(O[C@@H]3C[C@H]4C(=O)N[C@]5(C(=O)NS(=O)(=O)C6CC6)C[C@H]5/C=C\CC[C@H](C)C[C@@H](C)C(NC(=O)OC(C)(C)C)C(=O)N4C3)nccc2c1.[HH].[HH].[HH]. The van der Waals surface area contributed by atoms with Gasteiger partial charge >= 0.3 is 6.09 Å². The number of hydrogen-bond acceptors (Lipinski definition) is 10. The first-order valence-corrected chi connectivity index (χ1v) is 20.6. The van der Waals surface area contributed by atoms with E-state index in [4.69, 9.17) is 14.2 Å². The summed E-state index contributed by atoms with van der Waals surface area (Å²) in [5.74, 6) is -1.51. The first kappa shape index (κ1) is 39.3. The second-order valence-electron chi connectivity index (χ2n) is 16.3. The number of benzene rings is 1. The van der Waals surface area contributed by atoms with Gasteiger partial charge < -0.3 is 29.7 Å². The predicted molar refractivity (Wildman–Crippen MR) is 207 cm³/mol. The molecule has 15 heteroatoms. The van der Waals surface area contributed by atoms with Gasteiger partial charge in [0, 0.05) is 28.2 Å². The molecular weight excluding hydrogens is 715 g/mol. The Hall–Kier alpha value is -4.40. The van der Waals surface area contributed by atoms with Crippen LogP contribution in [-0.2, 0) is 29.1 Å². The lowest BCUT2D eigenvalue weighted by Gasteiger charge is -2.33. The van der Waals surface area contributed by atoms with Crippen molar-refractivity contribution in [3.05, 3.63) is 42.6 Å². The average Bonchev–Trinajstić information content (AvgIpc) is 4.01. The molecule has 0 spiro atoms. The molecule has 4 aliphatic rings. The number of alkyl carbamates (subject to hydrolysis) is 1. The maximum atomic E-state index is 14.7. The molecule has 0 radical (unpaired) electrons. The lowest BCUT2D eigenvalue weighted by atomic mass is 9.88. The fraction of sp³-hybridized carbons (Fsp3) is 0.615.